The number of methoxy groups -OCH3 is 4. The number of hydrogen-bond acceptors (Lipinski definition) is 5. The standard InChI is InChI=1S/C21H25NO5/c1-13(23)22-9-8-14-10-19(26-4)20(27-5)12-16(14)21(22)15-6-7-17(24-2)18(11-15)25-3/h6-7,10-12,21H,8-9H2,1-5H3/t21-/m1/s1. The molecule has 6 nitrogen and oxygen atoms in total. The molecule has 3 rings (SSSR count). The fourth-order valence-corrected chi connectivity index (χ4v) is 3.67. The first kappa shape index (κ1) is 18.9. The highest BCUT2D eigenvalue weighted by Gasteiger charge is 2.32. The van der Waals surface area contributed by atoms with Gasteiger partial charge in [-0.25, -0.2) is 0 Å². The average molecular weight is 371 g/mol. The molecule has 0 unspecified atom stereocenters. The largest absolute Gasteiger partial charge is 0.493 e. The molecule has 2 aromatic rings. The number of benzene rings is 2. The molecule has 0 bridgehead atoms. The van der Waals surface area contributed by atoms with Crippen LogP contribution in [0.1, 0.15) is 29.7 Å². The summed E-state index contributed by atoms with van der Waals surface area (Å²) in [6, 6.07) is 9.48. The highest BCUT2D eigenvalue weighted by molar-refractivity contribution is 5.75. The van der Waals surface area contributed by atoms with E-state index in [2.05, 4.69) is 0 Å². The molecule has 1 amide bonds. The monoisotopic (exact) mass is 371 g/mol. The van der Waals surface area contributed by atoms with E-state index in [-0.39, 0.29) is 11.9 Å². The van der Waals surface area contributed by atoms with Gasteiger partial charge in [0.2, 0.25) is 5.91 Å². The van der Waals surface area contributed by atoms with Gasteiger partial charge in [-0.1, -0.05) is 6.07 Å². The Morgan fingerprint density at radius 3 is 2.07 bits per heavy atom. The summed E-state index contributed by atoms with van der Waals surface area (Å²) in [5.41, 5.74) is 3.13. The Morgan fingerprint density at radius 1 is 0.889 bits per heavy atom. The summed E-state index contributed by atoms with van der Waals surface area (Å²) in [5, 5.41) is 0. The van der Waals surface area contributed by atoms with Crippen LogP contribution in [-0.2, 0) is 11.2 Å². The number of ether oxygens (including phenoxy) is 4. The summed E-state index contributed by atoms with van der Waals surface area (Å²) in [6.45, 7) is 2.23. The zero-order valence-corrected chi connectivity index (χ0v) is 16.4. The predicted molar refractivity (Wildman–Crippen MR) is 102 cm³/mol. The van der Waals surface area contributed by atoms with E-state index in [1.165, 1.54) is 0 Å². The zero-order valence-electron chi connectivity index (χ0n) is 16.4. The van der Waals surface area contributed by atoms with Crippen LogP contribution in [0.25, 0.3) is 0 Å². The minimum atomic E-state index is -0.231. The number of rotatable bonds is 5. The Bertz CT molecular complexity index is 849. The molecule has 0 spiro atoms. The Kier molecular flexibility index (Phi) is 5.44. The van der Waals surface area contributed by atoms with Gasteiger partial charge in [-0.2, -0.15) is 0 Å². The van der Waals surface area contributed by atoms with Crippen molar-refractivity contribution in [2.45, 2.75) is 19.4 Å². The second kappa shape index (κ2) is 7.78. The fraction of sp³-hybridized carbons (Fsp3) is 0.381. The van der Waals surface area contributed by atoms with Crippen LogP contribution < -0.4 is 18.9 Å². The van der Waals surface area contributed by atoms with Gasteiger partial charge in [0.15, 0.2) is 23.0 Å². The molecule has 1 atom stereocenters. The predicted octanol–water partition coefficient (Wildman–Crippen LogP) is 3.22. The quantitative estimate of drug-likeness (QED) is 0.808. The highest BCUT2D eigenvalue weighted by Crippen LogP contribution is 2.42. The third kappa shape index (κ3) is 3.39. The molecule has 6 heteroatoms. The van der Waals surface area contributed by atoms with Crippen LogP contribution in [-0.4, -0.2) is 45.8 Å². The third-order valence-corrected chi connectivity index (χ3v) is 5.00. The number of hydrogen-bond donors (Lipinski definition) is 0. The topological polar surface area (TPSA) is 57.2 Å². The van der Waals surface area contributed by atoms with E-state index in [4.69, 9.17) is 18.9 Å². The first-order chi connectivity index (χ1) is 13.0. The van der Waals surface area contributed by atoms with Crippen molar-refractivity contribution in [3.05, 3.63) is 47.0 Å². The van der Waals surface area contributed by atoms with E-state index in [0.29, 0.717) is 29.5 Å². The Morgan fingerprint density at radius 2 is 1.48 bits per heavy atom. The van der Waals surface area contributed by atoms with Crippen molar-refractivity contribution in [1.29, 1.82) is 0 Å². The van der Waals surface area contributed by atoms with Crippen LogP contribution in [0.4, 0.5) is 0 Å². The molecule has 1 aliphatic rings. The lowest BCUT2D eigenvalue weighted by Crippen LogP contribution is -2.39. The van der Waals surface area contributed by atoms with Gasteiger partial charge in [0.25, 0.3) is 0 Å². The van der Waals surface area contributed by atoms with Crippen molar-refractivity contribution in [1.82, 2.24) is 4.90 Å². The van der Waals surface area contributed by atoms with Crippen LogP contribution in [0.3, 0.4) is 0 Å². The molecule has 0 aliphatic carbocycles. The maximum Gasteiger partial charge on any atom is 0.220 e. The molecule has 0 saturated heterocycles. The van der Waals surface area contributed by atoms with Gasteiger partial charge in [-0.15, -0.1) is 0 Å². The molecule has 1 heterocycles. The average Bonchev–Trinajstić information content (AvgIpc) is 2.70. The van der Waals surface area contributed by atoms with Crippen LogP contribution in [0.2, 0.25) is 0 Å². The number of carbonyl (C=O) groups excluding carboxylic acids is 1. The SMILES string of the molecule is COc1ccc([C@@H]2c3cc(OC)c(OC)cc3CCN2C(C)=O)cc1OC. The van der Waals surface area contributed by atoms with Crippen LogP contribution in [0.5, 0.6) is 23.0 Å². The summed E-state index contributed by atoms with van der Waals surface area (Å²) >= 11 is 0. The summed E-state index contributed by atoms with van der Waals surface area (Å²) < 4.78 is 21.7. The lowest BCUT2D eigenvalue weighted by molar-refractivity contribution is -0.130. The van der Waals surface area contributed by atoms with Crippen LogP contribution >= 0.6 is 0 Å². The molecule has 0 fully saturated rings. The second-order valence-electron chi connectivity index (χ2n) is 6.39. The van der Waals surface area contributed by atoms with Crippen molar-refractivity contribution in [3.63, 3.8) is 0 Å². The molecular weight excluding hydrogens is 346 g/mol. The van der Waals surface area contributed by atoms with Crippen molar-refractivity contribution < 1.29 is 23.7 Å². The molecule has 0 radical (unpaired) electrons. The minimum absolute atomic E-state index is 0.0234. The number of nitrogens with zero attached hydrogens (tertiary/aromatic N) is 1. The fourth-order valence-electron chi connectivity index (χ4n) is 3.67. The molecule has 1 aliphatic heterocycles. The van der Waals surface area contributed by atoms with E-state index < -0.39 is 0 Å². The summed E-state index contributed by atoms with van der Waals surface area (Å²) in [6.07, 6.45) is 0.763. The molecule has 0 aromatic heterocycles. The highest BCUT2D eigenvalue weighted by atomic mass is 16.5. The number of fused-ring (bicyclic) bond motifs is 1. The molecule has 0 saturated carbocycles. The van der Waals surface area contributed by atoms with Gasteiger partial charge in [0, 0.05) is 13.5 Å². The first-order valence-corrected chi connectivity index (χ1v) is 8.78. The van der Waals surface area contributed by atoms with Crippen molar-refractivity contribution >= 4 is 5.91 Å². The molecule has 0 N–H and O–H groups in total. The van der Waals surface area contributed by atoms with E-state index in [1.54, 1.807) is 35.4 Å². The van der Waals surface area contributed by atoms with E-state index in [9.17, 15) is 4.79 Å². The van der Waals surface area contributed by atoms with Crippen LogP contribution in [0.15, 0.2) is 30.3 Å². The van der Waals surface area contributed by atoms with Crippen LogP contribution in [0, 0.1) is 0 Å². The van der Waals surface area contributed by atoms with Crippen molar-refractivity contribution in [3.8, 4) is 23.0 Å². The number of carbonyl (C=O) groups is 1. The minimum Gasteiger partial charge on any atom is -0.493 e. The summed E-state index contributed by atoms with van der Waals surface area (Å²) in [4.78, 5) is 14.2. The van der Waals surface area contributed by atoms with Gasteiger partial charge < -0.3 is 23.8 Å². The lowest BCUT2D eigenvalue weighted by atomic mass is 9.87. The Balaban J connectivity index is 2.18. The first-order valence-electron chi connectivity index (χ1n) is 8.78. The smallest absolute Gasteiger partial charge is 0.220 e. The molecule has 144 valence electrons. The van der Waals surface area contributed by atoms with E-state index in [1.807, 2.05) is 35.2 Å². The summed E-state index contributed by atoms with van der Waals surface area (Å²) in [5.74, 6) is 2.64. The van der Waals surface area contributed by atoms with E-state index in [0.717, 1.165) is 23.1 Å². The van der Waals surface area contributed by atoms with Gasteiger partial charge in [-0.05, 0) is 47.4 Å². The molecule has 2 aromatic carbocycles. The van der Waals surface area contributed by atoms with Crippen molar-refractivity contribution in [2.24, 2.45) is 0 Å². The zero-order chi connectivity index (χ0) is 19.6. The molecule has 27 heavy (non-hydrogen) atoms. The second-order valence-corrected chi connectivity index (χ2v) is 6.39. The molecular formula is C21H25NO5. The lowest BCUT2D eigenvalue weighted by Gasteiger charge is -2.37. The van der Waals surface area contributed by atoms with Gasteiger partial charge in [0.05, 0.1) is 34.5 Å². The Hall–Kier alpha value is -2.89. The third-order valence-electron chi connectivity index (χ3n) is 5.00. The maximum atomic E-state index is 12.4. The van der Waals surface area contributed by atoms with Gasteiger partial charge in [0.1, 0.15) is 0 Å². The Labute approximate surface area is 159 Å². The maximum absolute atomic E-state index is 12.4. The normalized spacial score (nSPS) is 15.7. The number of amides is 1. The van der Waals surface area contributed by atoms with Gasteiger partial charge >= 0.3 is 0 Å². The summed E-state index contributed by atoms with van der Waals surface area (Å²) in [7, 11) is 6.45. The van der Waals surface area contributed by atoms with Gasteiger partial charge in [-0.3, -0.25) is 4.79 Å². The van der Waals surface area contributed by atoms with Crippen molar-refractivity contribution in [2.75, 3.05) is 35.0 Å². The van der Waals surface area contributed by atoms with E-state index >= 15 is 0 Å².